The number of aromatic nitrogens is 1. The van der Waals surface area contributed by atoms with Gasteiger partial charge in [-0.1, -0.05) is 57.0 Å². The number of thiazole rings is 1. The molecule has 8 heteroatoms. The number of benzene rings is 2. The van der Waals surface area contributed by atoms with Crippen molar-refractivity contribution in [2.75, 3.05) is 13.1 Å². The van der Waals surface area contributed by atoms with Crippen LogP contribution in [-0.4, -0.2) is 36.7 Å². The second-order valence-corrected chi connectivity index (χ2v) is 10.3. The zero-order valence-electron chi connectivity index (χ0n) is 18.0. The number of amides is 1. The zero-order chi connectivity index (χ0) is 22.3. The van der Waals surface area contributed by atoms with E-state index in [1.54, 1.807) is 17.5 Å². The van der Waals surface area contributed by atoms with E-state index in [1.807, 2.05) is 37.3 Å². The first kappa shape index (κ1) is 23.4. The summed E-state index contributed by atoms with van der Waals surface area (Å²) in [5.41, 5.74) is 0.342. The average Bonchev–Trinajstić information content (AvgIpc) is 3.25. The summed E-state index contributed by atoms with van der Waals surface area (Å²) in [5.74, 6) is -0.214. The van der Waals surface area contributed by atoms with Gasteiger partial charge in [-0.05, 0) is 35.7 Å². The first-order valence-corrected chi connectivity index (χ1v) is 13.0. The first-order chi connectivity index (χ1) is 15.0. The van der Waals surface area contributed by atoms with Crippen LogP contribution in [0.4, 0.5) is 0 Å². The molecule has 1 amide bonds. The summed E-state index contributed by atoms with van der Waals surface area (Å²) in [6.07, 6.45) is 3.55. The molecule has 2 aromatic carbocycles. The molecule has 0 unspecified atom stereocenters. The van der Waals surface area contributed by atoms with Crippen molar-refractivity contribution >= 4 is 38.0 Å². The number of carbonyl (C=O) groups excluding carboxylic acids is 1. The van der Waals surface area contributed by atoms with E-state index in [9.17, 15) is 13.2 Å². The maximum absolute atomic E-state index is 13.4. The normalized spacial score (nSPS) is 11.8. The topological polar surface area (TPSA) is 79.4 Å². The molecular weight excluding hydrogens is 430 g/mol. The van der Waals surface area contributed by atoms with Crippen molar-refractivity contribution in [3.8, 4) is 0 Å². The molecule has 0 radical (unpaired) electrons. The van der Waals surface area contributed by atoms with Crippen molar-refractivity contribution < 1.29 is 13.2 Å². The first-order valence-electron chi connectivity index (χ1n) is 10.7. The van der Waals surface area contributed by atoms with Crippen molar-refractivity contribution in [2.24, 2.45) is 0 Å². The summed E-state index contributed by atoms with van der Waals surface area (Å²) in [6.45, 7) is 5.27. The van der Waals surface area contributed by atoms with E-state index in [0.717, 1.165) is 36.5 Å². The van der Waals surface area contributed by atoms with Gasteiger partial charge < -0.3 is 5.32 Å². The van der Waals surface area contributed by atoms with Crippen LogP contribution >= 0.6 is 11.3 Å². The van der Waals surface area contributed by atoms with E-state index in [2.05, 4.69) is 17.2 Å². The summed E-state index contributed by atoms with van der Waals surface area (Å²) < 4.78 is 28.3. The van der Waals surface area contributed by atoms with Crippen LogP contribution in [0.15, 0.2) is 52.7 Å². The van der Waals surface area contributed by atoms with Gasteiger partial charge in [-0.25, -0.2) is 13.4 Å². The Labute approximate surface area is 188 Å². The number of nitrogens with one attached hydrogen (secondary N) is 1. The maximum atomic E-state index is 13.4. The average molecular weight is 460 g/mol. The van der Waals surface area contributed by atoms with Crippen LogP contribution in [0, 0.1) is 0 Å². The number of unbranched alkanes of at least 4 members (excludes halogenated alkanes) is 2. The molecule has 3 rings (SSSR count). The number of hydrogen-bond acceptors (Lipinski definition) is 5. The van der Waals surface area contributed by atoms with Crippen molar-refractivity contribution in [2.45, 2.75) is 51.0 Å². The third-order valence-corrected chi connectivity index (χ3v) is 7.71. The molecular formula is C23H29N3O3S2. The van der Waals surface area contributed by atoms with E-state index in [1.165, 1.54) is 15.6 Å². The maximum Gasteiger partial charge on any atom is 0.270 e. The number of hydrogen-bond donors (Lipinski definition) is 1. The van der Waals surface area contributed by atoms with Crippen LogP contribution in [0.3, 0.4) is 0 Å². The minimum atomic E-state index is -3.69. The van der Waals surface area contributed by atoms with Crippen molar-refractivity contribution in [1.82, 2.24) is 14.6 Å². The highest BCUT2D eigenvalue weighted by Crippen LogP contribution is 2.24. The molecule has 31 heavy (non-hydrogen) atoms. The molecule has 0 fully saturated rings. The lowest BCUT2D eigenvalue weighted by molar-refractivity contribution is 0.0948. The number of sulfonamides is 1. The fourth-order valence-electron chi connectivity index (χ4n) is 3.20. The summed E-state index contributed by atoms with van der Waals surface area (Å²) in [5, 5.41) is 7.04. The number of carbonyl (C=O) groups is 1. The Hall–Kier alpha value is -2.29. The largest absolute Gasteiger partial charge is 0.351 e. The van der Waals surface area contributed by atoms with E-state index < -0.39 is 10.0 Å². The molecule has 0 saturated carbocycles. The van der Waals surface area contributed by atoms with Crippen molar-refractivity contribution in [3.63, 3.8) is 0 Å². The smallest absolute Gasteiger partial charge is 0.270 e. The van der Waals surface area contributed by atoms with Gasteiger partial charge in [0.1, 0.15) is 10.7 Å². The summed E-state index contributed by atoms with van der Waals surface area (Å²) in [7, 11) is -3.69. The van der Waals surface area contributed by atoms with Gasteiger partial charge in [0.15, 0.2) is 0 Å². The minimum absolute atomic E-state index is 0.155. The van der Waals surface area contributed by atoms with E-state index in [-0.39, 0.29) is 17.3 Å². The zero-order valence-corrected chi connectivity index (χ0v) is 19.6. The Morgan fingerprint density at radius 2 is 1.81 bits per heavy atom. The third kappa shape index (κ3) is 5.90. The molecule has 166 valence electrons. The van der Waals surface area contributed by atoms with Crippen LogP contribution in [0.25, 0.3) is 10.8 Å². The van der Waals surface area contributed by atoms with Gasteiger partial charge in [-0.2, -0.15) is 4.31 Å². The lowest BCUT2D eigenvalue weighted by atomic mass is 10.1. The molecule has 3 aromatic rings. The van der Waals surface area contributed by atoms with Crippen molar-refractivity contribution in [1.29, 1.82) is 0 Å². The molecule has 1 N–H and O–H groups in total. The Morgan fingerprint density at radius 1 is 1.06 bits per heavy atom. The van der Waals surface area contributed by atoms with E-state index >= 15 is 0 Å². The van der Waals surface area contributed by atoms with E-state index in [0.29, 0.717) is 23.8 Å². The fraction of sp³-hybridized carbons (Fsp3) is 0.391. The standard InChI is InChI=1S/C23H29N3O3S2/c1-3-5-13-24-23(27)21-17-30-22(25-21)16-26(14-6-4-2)31(28,29)20-12-11-18-9-7-8-10-19(18)15-20/h7-12,15,17H,3-6,13-14,16H2,1-2H3,(H,24,27). The van der Waals surface area contributed by atoms with Crippen LogP contribution in [0.1, 0.15) is 55.0 Å². The molecule has 0 aliphatic carbocycles. The molecule has 0 spiro atoms. The van der Waals surface area contributed by atoms with Gasteiger partial charge in [0, 0.05) is 18.5 Å². The summed E-state index contributed by atoms with van der Waals surface area (Å²) in [4.78, 5) is 16.9. The summed E-state index contributed by atoms with van der Waals surface area (Å²) >= 11 is 1.31. The lowest BCUT2D eigenvalue weighted by Crippen LogP contribution is -2.31. The molecule has 1 heterocycles. The van der Waals surface area contributed by atoms with Gasteiger partial charge in [0.2, 0.25) is 10.0 Å². The molecule has 6 nitrogen and oxygen atoms in total. The molecule has 0 aliphatic heterocycles. The summed E-state index contributed by atoms with van der Waals surface area (Å²) in [6, 6.07) is 12.9. The quantitative estimate of drug-likeness (QED) is 0.417. The number of nitrogens with zero attached hydrogens (tertiary/aromatic N) is 2. The third-order valence-electron chi connectivity index (χ3n) is 5.03. The number of rotatable bonds is 11. The fourth-order valence-corrected chi connectivity index (χ4v) is 5.55. The highest BCUT2D eigenvalue weighted by Gasteiger charge is 2.26. The highest BCUT2D eigenvalue weighted by molar-refractivity contribution is 7.89. The number of fused-ring (bicyclic) bond motifs is 1. The monoisotopic (exact) mass is 459 g/mol. The van der Waals surface area contributed by atoms with Crippen LogP contribution in [-0.2, 0) is 16.6 Å². The highest BCUT2D eigenvalue weighted by atomic mass is 32.2. The molecule has 1 aromatic heterocycles. The van der Waals surface area contributed by atoms with Gasteiger partial charge in [0.25, 0.3) is 5.91 Å². The minimum Gasteiger partial charge on any atom is -0.351 e. The SMILES string of the molecule is CCCCNC(=O)c1csc(CN(CCCC)S(=O)(=O)c2ccc3ccccc3c2)n1. The van der Waals surface area contributed by atoms with Gasteiger partial charge in [0.05, 0.1) is 11.4 Å². The lowest BCUT2D eigenvalue weighted by Gasteiger charge is -2.21. The van der Waals surface area contributed by atoms with Crippen LogP contribution in [0.5, 0.6) is 0 Å². The molecule has 0 bridgehead atoms. The van der Waals surface area contributed by atoms with Crippen molar-refractivity contribution in [3.05, 3.63) is 58.5 Å². The molecule has 0 saturated heterocycles. The second-order valence-electron chi connectivity index (χ2n) is 7.44. The van der Waals surface area contributed by atoms with Crippen LogP contribution < -0.4 is 5.32 Å². The van der Waals surface area contributed by atoms with Crippen LogP contribution in [0.2, 0.25) is 0 Å². The molecule has 0 aliphatic rings. The van der Waals surface area contributed by atoms with Gasteiger partial charge in [-0.3, -0.25) is 4.79 Å². The Morgan fingerprint density at radius 3 is 2.55 bits per heavy atom. The Kier molecular flexibility index (Phi) is 8.17. The Balaban J connectivity index is 1.81. The van der Waals surface area contributed by atoms with Gasteiger partial charge >= 0.3 is 0 Å². The van der Waals surface area contributed by atoms with Gasteiger partial charge in [-0.15, -0.1) is 11.3 Å². The Bertz CT molecular complexity index is 1130. The van der Waals surface area contributed by atoms with E-state index in [4.69, 9.17) is 0 Å². The predicted molar refractivity (Wildman–Crippen MR) is 126 cm³/mol. The molecule has 0 atom stereocenters. The predicted octanol–water partition coefficient (Wildman–Crippen LogP) is 4.82. The second kappa shape index (κ2) is 10.8.